The van der Waals surface area contributed by atoms with Gasteiger partial charge in [-0.3, -0.25) is 0 Å². The summed E-state index contributed by atoms with van der Waals surface area (Å²) in [5, 5.41) is 15.1. The van der Waals surface area contributed by atoms with Gasteiger partial charge in [-0.1, -0.05) is 23.7 Å². The molecule has 1 atom stereocenters. The van der Waals surface area contributed by atoms with Crippen LogP contribution in [0.15, 0.2) is 48.5 Å². The maximum absolute atomic E-state index is 14.1. The van der Waals surface area contributed by atoms with Crippen LogP contribution in [0.5, 0.6) is 0 Å². The molecule has 4 aromatic rings. The highest BCUT2D eigenvalue weighted by molar-refractivity contribution is 6.30. The molecule has 1 N–H and O–H groups in total. The van der Waals surface area contributed by atoms with Crippen molar-refractivity contribution < 1.29 is 13.9 Å². The largest absolute Gasteiger partial charge is 0.394 e. The summed E-state index contributed by atoms with van der Waals surface area (Å²) in [5.41, 5.74) is 4.18. The minimum Gasteiger partial charge on any atom is -0.394 e. The fraction of sp³-hybridized carbons (Fsp3) is 0.250. The van der Waals surface area contributed by atoms with E-state index in [1.807, 2.05) is 37.3 Å². The number of hydrogen-bond acceptors (Lipinski definition) is 4. The Hall–Kier alpha value is -3.03. The van der Waals surface area contributed by atoms with Crippen LogP contribution in [0.1, 0.15) is 18.5 Å². The zero-order valence-corrected chi connectivity index (χ0v) is 18.2. The first-order valence-electron chi connectivity index (χ1n) is 10.5. The molecular formula is C24H21ClF2N4O. The van der Waals surface area contributed by atoms with Gasteiger partial charge in [-0.2, -0.15) is 5.10 Å². The van der Waals surface area contributed by atoms with Crippen LogP contribution in [0.3, 0.4) is 0 Å². The SMILES string of the molecule is Cc1nn2c(-c3ccc(F)c(F)c3)cc(N3CCCC3CO)nc2c1-c1ccc(Cl)cc1. The number of aliphatic hydroxyl groups excluding tert-OH is 1. The summed E-state index contributed by atoms with van der Waals surface area (Å²) in [5.74, 6) is -1.16. The van der Waals surface area contributed by atoms with E-state index in [1.165, 1.54) is 12.1 Å². The molecule has 3 heterocycles. The van der Waals surface area contributed by atoms with Crippen LogP contribution in [0.4, 0.5) is 14.6 Å². The molecule has 0 saturated carbocycles. The highest BCUT2D eigenvalue weighted by Crippen LogP contribution is 2.35. The number of fused-ring (bicyclic) bond motifs is 1. The number of aliphatic hydroxyl groups is 1. The maximum Gasteiger partial charge on any atom is 0.166 e. The molecule has 164 valence electrons. The molecule has 1 saturated heterocycles. The normalized spacial score (nSPS) is 16.3. The van der Waals surface area contributed by atoms with Gasteiger partial charge in [-0.05, 0) is 55.7 Å². The summed E-state index contributed by atoms with van der Waals surface area (Å²) in [6, 6.07) is 13.0. The minimum atomic E-state index is -0.926. The Morgan fingerprint density at radius 2 is 1.81 bits per heavy atom. The molecule has 32 heavy (non-hydrogen) atoms. The lowest BCUT2D eigenvalue weighted by molar-refractivity contribution is 0.266. The Balaban J connectivity index is 1.79. The molecule has 0 spiro atoms. The third-order valence-electron chi connectivity index (χ3n) is 5.98. The van der Waals surface area contributed by atoms with Crippen molar-refractivity contribution in [2.45, 2.75) is 25.8 Å². The molecule has 2 aromatic heterocycles. The van der Waals surface area contributed by atoms with Crippen molar-refractivity contribution in [1.82, 2.24) is 14.6 Å². The van der Waals surface area contributed by atoms with Gasteiger partial charge in [-0.15, -0.1) is 0 Å². The van der Waals surface area contributed by atoms with Gasteiger partial charge in [0.15, 0.2) is 17.3 Å². The van der Waals surface area contributed by atoms with E-state index in [2.05, 4.69) is 10.00 Å². The highest BCUT2D eigenvalue weighted by atomic mass is 35.5. The number of anilines is 1. The first kappa shape index (κ1) is 20.8. The van der Waals surface area contributed by atoms with Crippen molar-refractivity contribution in [3.8, 4) is 22.4 Å². The zero-order valence-electron chi connectivity index (χ0n) is 17.4. The van der Waals surface area contributed by atoms with Crippen molar-refractivity contribution in [2.75, 3.05) is 18.1 Å². The number of nitrogens with zero attached hydrogens (tertiary/aromatic N) is 4. The fourth-order valence-corrected chi connectivity index (χ4v) is 4.53. The number of aromatic nitrogens is 3. The van der Waals surface area contributed by atoms with Gasteiger partial charge in [0.1, 0.15) is 5.82 Å². The van der Waals surface area contributed by atoms with Crippen LogP contribution in [0.2, 0.25) is 5.02 Å². The predicted octanol–water partition coefficient (Wildman–Crippen LogP) is 5.26. The van der Waals surface area contributed by atoms with Gasteiger partial charge in [0, 0.05) is 28.8 Å². The third kappa shape index (κ3) is 3.51. The van der Waals surface area contributed by atoms with Crippen LogP contribution in [-0.4, -0.2) is 38.9 Å². The maximum atomic E-state index is 14.1. The first-order chi connectivity index (χ1) is 15.5. The molecule has 0 aliphatic carbocycles. The number of hydrogen-bond donors (Lipinski definition) is 1. The van der Waals surface area contributed by atoms with E-state index in [9.17, 15) is 13.9 Å². The summed E-state index contributed by atoms with van der Waals surface area (Å²) in [4.78, 5) is 6.98. The van der Waals surface area contributed by atoms with E-state index >= 15 is 0 Å². The average Bonchev–Trinajstić information content (AvgIpc) is 3.39. The topological polar surface area (TPSA) is 53.7 Å². The van der Waals surface area contributed by atoms with Crippen LogP contribution >= 0.6 is 11.6 Å². The Morgan fingerprint density at radius 3 is 2.53 bits per heavy atom. The van der Waals surface area contributed by atoms with Gasteiger partial charge in [-0.25, -0.2) is 18.3 Å². The Kier molecular flexibility index (Phi) is 5.31. The molecule has 8 heteroatoms. The smallest absolute Gasteiger partial charge is 0.166 e. The standard InChI is InChI=1S/C24H21ClF2N4O/c1-14-23(15-4-7-17(25)8-5-15)24-28-22(30-10-2-3-18(30)13-32)12-21(31(24)29-14)16-6-9-19(26)20(27)11-16/h4-9,11-12,18,32H,2-3,10,13H2,1H3. The zero-order chi connectivity index (χ0) is 22.4. The van der Waals surface area contributed by atoms with Crippen LogP contribution in [-0.2, 0) is 0 Å². The number of rotatable bonds is 4. The second-order valence-electron chi connectivity index (χ2n) is 8.00. The molecule has 1 aliphatic heterocycles. The van der Waals surface area contributed by atoms with Gasteiger partial charge in [0.05, 0.1) is 24.0 Å². The van der Waals surface area contributed by atoms with Crippen molar-refractivity contribution in [2.24, 2.45) is 0 Å². The van der Waals surface area contributed by atoms with Crippen LogP contribution in [0, 0.1) is 18.6 Å². The molecular weight excluding hydrogens is 434 g/mol. The summed E-state index contributed by atoms with van der Waals surface area (Å²) in [6.07, 6.45) is 1.81. The average molecular weight is 455 g/mol. The molecule has 1 fully saturated rings. The quantitative estimate of drug-likeness (QED) is 0.456. The molecule has 2 aromatic carbocycles. The van der Waals surface area contributed by atoms with Crippen LogP contribution in [0.25, 0.3) is 28.0 Å². The van der Waals surface area contributed by atoms with E-state index in [-0.39, 0.29) is 12.6 Å². The van der Waals surface area contributed by atoms with Gasteiger partial charge in [0.2, 0.25) is 0 Å². The van der Waals surface area contributed by atoms with Crippen molar-refractivity contribution >= 4 is 23.1 Å². The van der Waals surface area contributed by atoms with Gasteiger partial charge < -0.3 is 10.0 Å². The summed E-state index contributed by atoms with van der Waals surface area (Å²) >= 11 is 6.07. The Bertz CT molecular complexity index is 1310. The summed E-state index contributed by atoms with van der Waals surface area (Å²) < 4.78 is 29.4. The molecule has 0 radical (unpaired) electrons. The second kappa shape index (κ2) is 8.15. The molecule has 5 nitrogen and oxygen atoms in total. The van der Waals surface area contributed by atoms with Gasteiger partial charge in [0.25, 0.3) is 0 Å². The monoisotopic (exact) mass is 454 g/mol. The Morgan fingerprint density at radius 1 is 1.06 bits per heavy atom. The number of benzene rings is 2. The molecule has 1 aliphatic rings. The summed E-state index contributed by atoms with van der Waals surface area (Å²) in [6.45, 7) is 2.67. The van der Waals surface area contributed by atoms with E-state index < -0.39 is 11.6 Å². The highest BCUT2D eigenvalue weighted by Gasteiger charge is 2.27. The van der Waals surface area contributed by atoms with Crippen molar-refractivity contribution in [3.63, 3.8) is 0 Å². The minimum absolute atomic E-state index is 0.0235. The molecule has 0 amide bonds. The lowest BCUT2D eigenvalue weighted by atomic mass is 10.1. The van der Waals surface area contributed by atoms with Crippen molar-refractivity contribution in [1.29, 1.82) is 0 Å². The van der Waals surface area contributed by atoms with Crippen LogP contribution < -0.4 is 4.90 Å². The summed E-state index contributed by atoms with van der Waals surface area (Å²) in [7, 11) is 0. The van der Waals surface area contributed by atoms with Gasteiger partial charge >= 0.3 is 0 Å². The van der Waals surface area contributed by atoms with Crippen molar-refractivity contribution in [3.05, 3.63) is 70.9 Å². The van der Waals surface area contributed by atoms with E-state index in [0.29, 0.717) is 27.7 Å². The van der Waals surface area contributed by atoms with E-state index in [0.717, 1.165) is 42.3 Å². The predicted molar refractivity (Wildman–Crippen MR) is 121 cm³/mol. The van der Waals surface area contributed by atoms with E-state index in [4.69, 9.17) is 16.6 Å². The third-order valence-corrected chi connectivity index (χ3v) is 6.23. The molecule has 1 unspecified atom stereocenters. The fourth-order valence-electron chi connectivity index (χ4n) is 4.40. The number of halogens is 3. The lowest BCUT2D eigenvalue weighted by Gasteiger charge is -2.25. The Labute approximate surface area is 188 Å². The lowest BCUT2D eigenvalue weighted by Crippen LogP contribution is -2.32. The van der Waals surface area contributed by atoms with E-state index in [1.54, 1.807) is 4.52 Å². The first-order valence-corrected chi connectivity index (χ1v) is 10.8. The molecule has 0 bridgehead atoms. The molecule has 5 rings (SSSR count). The second-order valence-corrected chi connectivity index (χ2v) is 8.44. The number of aryl methyl sites for hydroxylation is 1.